The fourth-order valence-electron chi connectivity index (χ4n) is 3.32. The summed E-state index contributed by atoms with van der Waals surface area (Å²) < 4.78 is 5.52. The summed E-state index contributed by atoms with van der Waals surface area (Å²) in [5.41, 5.74) is -0.684. The van der Waals surface area contributed by atoms with Crippen molar-refractivity contribution in [3.8, 4) is 0 Å². The number of nitrogens with zero attached hydrogens (tertiary/aromatic N) is 1. The van der Waals surface area contributed by atoms with E-state index in [1.54, 1.807) is 0 Å². The molecule has 0 radical (unpaired) electrons. The van der Waals surface area contributed by atoms with Gasteiger partial charge in [0, 0.05) is 6.61 Å². The van der Waals surface area contributed by atoms with Gasteiger partial charge in [0.2, 0.25) is 11.8 Å². The number of hydrogen-bond donors (Lipinski definition) is 1. The number of carbonyl (C=O) groups is 2. The van der Waals surface area contributed by atoms with E-state index in [1.807, 2.05) is 46.4 Å². The van der Waals surface area contributed by atoms with Crippen molar-refractivity contribution in [1.82, 2.24) is 10.2 Å². The van der Waals surface area contributed by atoms with E-state index in [-0.39, 0.29) is 28.7 Å². The first-order valence-corrected chi connectivity index (χ1v) is 7.79. The number of carbonyl (C=O) groups excluding carboxylic acids is 2. The van der Waals surface area contributed by atoms with Crippen LogP contribution in [0.25, 0.3) is 0 Å². The van der Waals surface area contributed by atoms with Crippen molar-refractivity contribution < 1.29 is 14.3 Å². The van der Waals surface area contributed by atoms with Gasteiger partial charge in [-0.2, -0.15) is 0 Å². The van der Waals surface area contributed by atoms with E-state index in [4.69, 9.17) is 4.74 Å². The van der Waals surface area contributed by atoms with Gasteiger partial charge in [0.05, 0.1) is 12.1 Å². The Bertz CT molecular complexity index is 433. The minimum atomic E-state index is -0.475. The molecule has 2 aliphatic rings. The number of piperazine rings is 1. The minimum Gasteiger partial charge on any atom is -0.379 e. The van der Waals surface area contributed by atoms with Crippen LogP contribution in [0.3, 0.4) is 0 Å². The van der Waals surface area contributed by atoms with Crippen LogP contribution >= 0.6 is 0 Å². The molecule has 0 saturated carbocycles. The number of ether oxygens (including phenoxy) is 1. The number of rotatable bonds is 2. The Morgan fingerprint density at radius 2 is 1.95 bits per heavy atom. The first-order chi connectivity index (χ1) is 9.58. The van der Waals surface area contributed by atoms with Crippen LogP contribution in [0.2, 0.25) is 0 Å². The van der Waals surface area contributed by atoms with E-state index in [1.165, 1.54) is 0 Å². The third-order valence-electron chi connectivity index (χ3n) is 4.59. The van der Waals surface area contributed by atoms with E-state index >= 15 is 0 Å². The van der Waals surface area contributed by atoms with Crippen molar-refractivity contribution in [3.63, 3.8) is 0 Å². The van der Waals surface area contributed by atoms with Crippen LogP contribution in [-0.2, 0) is 14.3 Å². The second-order valence-electron chi connectivity index (χ2n) is 8.00. The van der Waals surface area contributed by atoms with Crippen LogP contribution in [0, 0.1) is 11.3 Å². The van der Waals surface area contributed by atoms with E-state index in [0.717, 1.165) is 6.42 Å². The lowest BCUT2D eigenvalue weighted by atomic mass is 9.80. The van der Waals surface area contributed by atoms with E-state index in [9.17, 15) is 9.59 Å². The lowest BCUT2D eigenvalue weighted by Gasteiger charge is -2.50. The van der Waals surface area contributed by atoms with Gasteiger partial charge in [0.15, 0.2) is 0 Å². The fraction of sp³-hybridized carbons (Fsp3) is 0.875. The molecule has 0 aromatic rings. The minimum absolute atomic E-state index is 0.0220. The molecule has 2 fully saturated rings. The average Bonchev–Trinajstić information content (AvgIpc) is 2.77. The Hall–Kier alpha value is -1.10. The van der Waals surface area contributed by atoms with Crippen LogP contribution < -0.4 is 5.32 Å². The quantitative estimate of drug-likeness (QED) is 0.841. The van der Waals surface area contributed by atoms with Gasteiger partial charge in [-0.3, -0.25) is 9.59 Å². The molecule has 2 rings (SSSR count). The molecule has 2 heterocycles. The summed E-state index contributed by atoms with van der Waals surface area (Å²) in [5, 5.41) is 2.94. The summed E-state index contributed by atoms with van der Waals surface area (Å²) in [4.78, 5) is 27.5. The van der Waals surface area contributed by atoms with Gasteiger partial charge in [0.25, 0.3) is 0 Å². The maximum absolute atomic E-state index is 13.1. The summed E-state index contributed by atoms with van der Waals surface area (Å²) in [5.74, 6) is 0.0544. The third kappa shape index (κ3) is 2.80. The molecule has 21 heavy (non-hydrogen) atoms. The van der Waals surface area contributed by atoms with Gasteiger partial charge in [-0.15, -0.1) is 0 Å². The maximum atomic E-state index is 13.1. The zero-order valence-electron chi connectivity index (χ0n) is 14.0. The number of hydrogen-bond acceptors (Lipinski definition) is 3. The second kappa shape index (κ2) is 5.27. The third-order valence-corrected chi connectivity index (χ3v) is 4.59. The van der Waals surface area contributed by atoms with Gasteiger partial charge in [-0.1, -0.05) is 34.6 Å². The molecule has 2 saturated heterocycles. The predicted octanol–water partition coefficient (Wildman–Crippen LogP) is 1.56. The Morgan fingerprint density at radius 3 is 2.38 bits per heavy atom. The van der Waals surface area contributed by atoms with E-state index in [2.05, 4.69) is 5.32 Å². The molecule has 0 bridgehead atoms. The van der Waals surface area contributed by atoms with Crippen molar-refractivity contribution in [1.29, 1.82) is 0 Å². The van der Waals surface area contributed by atoms with Crippen molar-refractivity contribution in [2.24, 2.45) is 11.3 Å². The summed E-state index contributed by atoms with van der Waals surface area (Å²) >= 11 is 0. The van der Waals surface area contributed by atoms with Gasteiger partial charge in [0.1, 0.15) is 12.1 Å². The predicted molar refractivity (Wildman–Crippen MR) is 80.7 cm³/mol. The molecule has 3 unspecified atom stereocenters. The second-order valence-corrected chi connectivity index (χ2v) is 8.00. The molecule has 2 aliphatic heterocycles. The number of amides is 2. The molecule has 3 atom stereocenters. The largest absolute Gasteiger partial charge is 0.379 e. The molecule has 120 valence electrons. The van der Waals surface area contributed by atoms with Crippen LogP contribution in [0.1, 0.15) is 48.0 Å². The maximum Gasteiger partial charge on any atom is 0.246 e. The van der Waals surface area contributed by atoms with Gasteiger partial charge >= 0.3 is 0 Å². The Balaban J connectivity index is 2.42. The molecule has 5 nitrogen and oxygen atoms in total. The lowest BCUT2D eigenvalue weighted by Crippen LogP contribution is -2.72. The number of nitrogens with one attached hydrogen (secondary N) is 1. The monoisotopic (exact) mass is 296 g/mol. The van der Waals surface area contributed by atoms with Gasteiger partial charge in [-0.25, -0.2) is 0 Å². The molecule has 0 aliphatic carbocycles. The van der Waals surface area contributed by atoms with E-state index < -0.39 is 12.1 Å². The highest BCUT2D eigenvalue weighted by Gasteiger charge is 2.53. The van der Waals surface area contributed by atoms with Crippen molar-refractivity contribution >= 4 is 11.8 Å². The smallest absolute Gasteiger partial charge is 0.246 e. The Labute approximate surface area is 127 Å². The molecule has 0 spiro atoms. The Morgan fingerprint density at radius 1 is 1.33 bits per heavy atom. The molecule has 1 N–H and O–H groups in total. The molecule has 0 aromatic heterocycles. The standard InChI is InChI=1S/C16H28N2O3/c1-10(2)11-13(19)17-12(15(3,4)5)14(20)18(11)16(6)7-8-21-9-16/h10-12H,7-9H2,1-6H3,(H,17,19). The summed E-state index contributed by atoms with van der Waals surface area (Å²) in [6.45, 7) is 13.1. The Kier molecular flexibility index (Phi) is 4.08. The highest BCUT2D eigenvalue weighted by atomic mass is 16.5. The van der Waals surface area contributed by atoms with Crippen molar-refractivity contribution in [2.45, 2.75) is 65.6 Å². The van der Waals surface area contributed by atoms with Gasteiger partial charge in [-0.05, 0) is 24.7 Å². The molecular weight excluding hydrogens is 268 g/mol. The van der Waals surface area contributed by atoms with Crippen LogP contribution in [-0.4, -0.2) is 47.6 Å². The lowest BCUT2D eigenvalue weighted by molar-refractivity contribution is -0.162. The van der Waals surface area contributed by atoms with Gasteiger partial charge < -0.3 is 15.0 Å². The normalized spacial score (nSPS) is 34.5. The van der Waals surface area contributed by atoms with Crippen LogP contribution in [0.5, 0.6) is 0 Å². The highest BCUT2D eigenvalue weighted by molar-refractivity contribution is 5.98. The average molecular weight is 296 g/mol. The molecular formula is C16H28N2O3. The zero-order valence-corrected chi connectivity index (χ0v) is 14.0. The first kappa shape index (κ1) is 16.3. The first-order valence-electron chi connectivity index (χ1n) is 7.79. The molecule has 2 amide bonds. The van der Waals surface area contributed by atoms with Crippen LogP contribution in [0.15, 0.2) is 0 Å². The zero-order chi connectivity index (χ0) is 16.0. The SMILES string of the molecule is CC(C)C1C(=O)NC(C(C)(C)C)C(=O)N1C1(C)CCOC1. The van der Waals surface area contributed by atoms with Crippen molar-refractivity contribution in [3.05, 3.63) is 0 Å². The summed E-state index contributed by atoms with van der Waals surface area (Å²) in [6.07, 6.45) is 0.784. The van der Waals surface area contributed by atoms with Crippen molar-refractivity contribution in [2.75, 3.05) is 13.2 Å². The molecule has 0 aromatic carbocycles. The fourth-order valence-corrected chi connectivity index (χ4v) is 3.32. The summed E-state index contributed by atoms with van der Waals surface area (Å²) in [7, 11) is 0. The highest BCUT2D eigenvalue weighted by Crippen LogP contribution is 2.35. The topological polar surface area (TPSA) is 58.6 Å². The van der Waals surface area contributed by atoms with Crippen LogP contribution in [0.4, 0.5) is 0 Å². The summed E-state index contributed by atoms with van der Waals surface area (Å²) in [6, 6.07) is -0.889. The molecule has 5 heteroatoms. The van der Waals surface area contributed by atoms with E-state index in [0.29, 0.717) is 13.2 Å².